The highest BCUT2D eigenvalue weighted by atomic mass is 16.5. The van der Waals surface area contributed by atoms with E-state index in [0.29, 0.717) is 0 Å². The molecular weight excluding hydrogens is 174 g/mol. The van der Waals surface area contributed by atoms with Crippen LogP contribution in [0, 0.1) is 0 Å². The van der Waals surface area contributed by atoms with Crippen molar-refractivity contribution >= 4 is 0 Å². The predicted octanol–water partition coefficient (Wildman–Crippen LogP) is 2.48. The Kier molecular flexibility index (Phi) is 2.85. The van der Waals surface area contributed by atoms with Gasteiger partial charge in [0.1, 0.15) is 0 Å². The second kappa shape index (κ2) is 3.82. The van der Waals surface area contributed by atoms with Crippen molar-refractivity contribution in [2.45, 2.75) is 63.6 Å². The van der Waals surface area contributed by atoms with E-state index in [0.717, 1.165) is 25.9 Å². The molecule has 2 nitrogen and oxygen atoms in total. The summed E-state index contributed by atoms with van der Waals surface area (Å²) >= 11 is 0. The van der Waals surface area contributed by atoms with Crippen LogP contribution in [0.1, 0.15) is 52.4 Å². The van der Waals surface area contributed by atoms with Gasteiger partial charge >= 0.3 is 0 Å². The highest BCUT2D eigenvalue weighted by Crippen LogP contribution is 2.40. The summed E-state index contributed by atoms with van der Waals surface area (Å²) < 4.78 is 6.46. The van der Waals surface area contributed by atoms with E-state index in [-0.39, 0.29) is 11.2 Å². The first kappa shape index (κ1) is 10.4. The highest BCUT2D eigenvalue weighted by molar-refractivity contribution is 4.98. The fourth-order valence-corrected chi connectivity index (χ4v) is 2.99. The van der Waals surface area contributed by atoms with Crippen molar-refractivity contribution in [3.8, 4) is 0 Å². The van der Waals surface area contributed by atoms with Crippen molar-refractivity contribution in [1.29, 1.82) is 0 Å². The minimum Gasteiger partial charge on any atom is -0.366 e. The zero-order valence-corrected chi connectivity index (χ0v) is 9.57. The van der Waals surface area contributed by atoms with Crippen molar-refractivity contribution in [2.75, 3.05) is 13.1 Å². The normalized spacial score (nSPS) is 29.6. The fraction of sp³-hybridized carbons (Fsp3) is 1.00. The number of rotatable bonds is 2. The van der Waals surface area contributed by atoms with Gasteiger partial charge in [-0.15, -0.1) is 0 Å². The second-order valence-corrected chi connectivity index (χ2v) is 4.99. The quantitative estimate of drug-likeness (QED) is 0.734. The summed E-state index contributed by atoms with van der Waals surface area (Å²) in [5.41, 5.74) is 0.326. The van der Waals surface area contributed by atoms with Crippen LogP contribution in [0.15, 0.2) is 0 Å². The molecule has 0 unspecified atom stereocenters. The summed E-state index contributed by atoms with van der Waals surface area (Å²) in [6.07, 6.45) is 7.51. The van der Waals surface area contributed by atoms with Crippen molar-refractivity contribution in [3.63, 3.8) is 0 Å². The molecule has 1 aliphatic carbocycles. The third kappa shape index (κ3) is 1.70. The predicted molar refractivity (Wildman–Crippen MR) is 58.5 cm³/mol. The van der Waals surface area contributed by atoms with Gasteiger partial charge in [0.25, 0.3) is 0 Å². The summed E-state index contributed by atoms with van der Waals surface area (Å²) in [5.74, 6) is 0. The SMILES string of the molecule is CCC1(CC)CNCC2(CCCC2)O1. The monoisotopic (exact) mass is 197 g/mol. The molecule has 2 rings (SSSR count). The van der Waals surface area contributed by atoms with E-state index in [9.17, 15) is 0 Å². The van der Waals surface area contributed by atoms with Crippen LogP contribution >= 0.6 is 0 Å². The van der Waals surface area contributed by atoms with Crippen molar-refractivity contribution in [2.24, 2.45) is 0 Å². The van der Waals surface area contributed by atoms with Crippen molar-refractivity contribution in [1.82, 2.24) is 5.32 Å². The third-order valence-corrected chi connectivity index (χ3v) is 4.13. The van der Waals surface area contributed by atoms with Crippen molar-refractivity contribution < 1.29 is 4.74 Å². The van der Waals surface area contributed by atoms with Gasteiger partial charge in [-0.25, -0.2) is 0 Å². The lowest BCUT2D eigenvalue weighted by atomic mass is 9.90. The molecule has 2 heteroatoms. The van der Waals surface area contributed by atoms with Crippen LogP contribution in [-0.2, 0) is 4.74 Å². The maximum atomic E-state index is 6.46. The highest BCUT2D eigenvalue weighted by Gasteiger charge is 2.45. The molecule has 1 heterocycles. The summed E-state index contributed by atoms with van der Waals surface area (Å²) in [5, 5.41) is 3.59. The number of hydrogen-bond donors (Lipinski definition) is 1. The van der Waals surface area contributed by atoms with Gasteiger partial charge in [-0.1, -0.05) is 26.7 Å². The Hall–Kier alpha value is -0.0800. The first-order valence-corrected chi connectivity index (χ1v) is 6.15. The minimum absolute atomic E-state index is 0.128. The molecule has 1 saturated heterocycles. The molecule has 0 radical (unpaired) electrons. The van der Waals surface area contributed by atoms with E-state index >= 15 is 0 Å². The molecule has 0 aromatic rings. The molecule has 1 spiro atoms. The molecular formula is C12H23NO. The summed E-state index contributed by atoms with van der Waals surface area (Å²) in [6.45, 7) is 6.62. The number of morpholine rings is 1. The summed E-state index contributed by atoms with van der Waals surface area (Å²) in [7, 11) is 0. The molecule has 82 valence electrons. The molecule has 1 N–H and O–H groups in total. The van der Waals surface area contributed by atoms with Crippen LogP contribution in [0.2, 0.25) is 0 Å². The van der Waals surface area contributed by atoms with E-state index in [1.165, 1.54) is 25.7 Å². The van der Waals surface area contributed by atoms with Gasteiger partial charge in [0.2, 0.25) is 0 Å². The van der Waals surface area contributed by atoms with E-state index in [1.54, 1.807) is 0 Å². The van der Waals surface area contributed by atoms with Crippen molar-refractivity contribution in [3.05, 3.63) is 0 Å². The lowest BCUT2D eigenvalue weighted by Gasteiger charge is -2.47. The molecule has 0 aromatic carbocycles. The third-order valence-electron chi connectivity index (χ3n) is 4.13. The van der Waals surface area contributed by atoms with Gasteiger partial charge in [-0.2, -0.15) is 0 Å². The zero-order chi connectivity index (χ0) is 10.1. The maximum Gasteiger partial charge on any atom is 0.0814 e. The lowest BCUT2D eigenvalue weighted by Crippen LogP contribution is -2.59. The van der Waals surface area contributed by atoms with Crippen LogP contribution in [0.5, 0.6) is 0 Å². The minimum atomic E-state index is 0.128. The smallest absolute Gasteiger partial charge is 0.0814 e. The average molecular weight is 197 g/mol. The van der Waals surface area contributed by atoms with Gasteiger partial charge in [0.05, 0.1) is 11.2 Å². The molecule has 14 heavy (non-hydrogen) atoms. The number of nitrogens with one attached hydrogen (secondary N) is 1. The lowest BCUT2D eigenvalue weighted by molar-refractivity contribution is -0.178. The molecule has 0 atom stereocenters. The van der Waals surface area contributed by atoms with Crippen LogP contribution in [0.4, 0.5) is 0 Å². The molecule has 0 aromatic heterocycles. The Morgan fingerprint density at radius 2 is 1.71 bits per heavy atom. The number of ether oxygens (including phenoxy) is 1. The molecule has 1 aliphatic heterocycles. The molecule has 0 amide bonds. The Morgan fingerprint density at radius 1 is 1.07 bits per heavy atom. The van der Waals surface area contributed by atoms with Crippen LogP contribution in [0.25, 0.3) is 0 Å². The Morgan fingerprint density at radius 3 is 2.29 bits per heavy atom. The van der Waals surface area contributed by atoms with E-state index in [4.69, 9.17) is 4.74 Å². The average Bonchev–Trinajstić information content (AvgIpc) is 2.66. The van der Waals surface area contributed by atoms with Gasteiger partial charge in [-0.3, -0.25) is 0 Å². The molecule has 1 saturated carbocycles. The van der Waals surface area contributed by atoms with Gasteiger partial charge in [0.15, 0.2) is 0 Å². The van der Waals surface area contributed by atoms with E-state index in [2.05, 4.69) is 19.2 Å². The summed E-state index contributed by atoms with van der Waals surface area (Å²) in [6, 6.07) is 0. The van der Waals surface area contributed by atoms with Gasteiger partial charge in [-0.05, 0) is 25.7 Å². The molecule has 2 fully saturated rings. The fourth-order valence-electron chi connectivity index (χ4n) is 2.99. The van der Waals surface area contributed by atoms with Gasteiger partial charge < -0.3 is 10.1 Å². The van der Waals surface area contributed by atoms with E-state index < -0.39 is 0 Å². The second-order valence-electron chi connectivity index (χ2n) is 4.99. The Bertz CT molecular complexity index is 188. The Balaban J connectivity index is 2.09. The largest absolute Gasteiger partial charge is 0.366 e. The topological polar surface area (TPSA) is 21.3 Å². The first-order valence-electron chi connectivity index (χ1n) is 6.15. The standard InChI is InChI=1S/C12H23NO/c1-3-11(4-2)9-13-10-12(14-11)7-5-6-8-12/h13H,3-10H2,1-2H3. The van der Waals surface area contributed by atoms with Gasteiger partial charge in [0, 0.05) is 13.1 Å². The van der Waals surface area contributed by atoms with Crippen LogP contribution in [0.3, 0.4) is 0 Å². The summed E-state index contributed by atoms with van der Waals surface area (Å²) in [4.78, 5) is 0. The maximum absolute atomic E-state index is 6.46. The van der Waals surface area contributed by atoms with Crippen LogP contribution < -0.4 is 5.32 Å². The van der Waals surface area contributed by atoms with Crippen LogP contribution in [-0.4, -0.2) is 24.3 Å². The first-order chi connectivity index (χ1) is 6.74. The number of hydrogen-bond acceptors (Lipinski definition) is 2. The Labute approximate surface area is 87.4 Å². The molecule has 0 bridgehead atoms. The zero-order valence-electron chi connectivity index (χ0n) is 9.57. The van der Waals surface area contributed by atoms with E-state index in [1.807, 2.05) is 0 Å². The molecule has 2 aliphatic rings.